The summed E-state index contributed by atoms with van der Waals surface area (Å²) in [7, 11) is 1.68. The Morgan fingerprint density at radius 1 is 1.04 bits per heavy atom. The van der Waals surface area contributed by atoms with Crippen LogP contribution < -0.4 is 14.8 Å². The molecule has 2 fully saturated rings. The Balaban J connectivity index is 1.57. The quantitative estimate of drug-likeness (QED) is 0.839. The maximum atomic E-state index is 12.5. The van der Waals surface area contributed by atoms with Crippen LogP contribution in [0.5, 0.6) is 11.5 Å². The van der Waals surface area contributed by atoms with Gasteiger partial charge in [-0.3, -0.25) is 4.79 Å². The third-order valence-electron chi connectivity index (χ3n) is 5.83. The second-order valence-electron chi connectivity index (χ2n) is 7.58. The zero-order chi connectivity index (χ0) is 18.6. The number of carbonyl (C=O) groups excluding carboxylic acids is 1. The van der Waals surface area contributed by atoms with Gasteiger partial charge in [0.05, 0.1) is 19.1 Å². The molecule has 0 radical (unpaired) electrons. The lowest BCUT2D eigenvalue weighted by molar-refractivity contribution is -0.122. The summed E-state index contributed by atoms with van der Waals surface area (Å²) in [5, 5.41) is 3.05. The maximum Gasteiger partial charge on any atom is 0.224 e. The van der Waals surface area contributed by atoms with Crippen molar-refractivity contribution in [2.75, 3.05) is 13.7 Å². The van der Waals surface area contributed by atoms with E-state index in [9.17, 15) is 4.79 Å². The highest BCUT2D eigenvalue weighted by molar-refractivity contribution is 5.82. The van der Waals surface area contributed by atoms with E-state index in [1.54, 1.807) is 7.11 Å². The first-order chi connectivity index (χ1) is 13.2. The fourth-order valence-corrected chi connectivity index (χ4v) is 4.32. The Hall–Kier alpha value is -2.49. The fraction of sp³-hybridized carbons (Fsp3) is 0.435. The summed E-state index contributed by atoms with van der Waals surface area (Å²) in [5.74, 6) is 1.80. The Kier molecular flexibility index (Phi) is 5.33. The largest absolute Gasteiger partial charge is 0.493 e. The van der Waals surface area contributed by atoms with E-state index in [0.29, 0.717) is 6.54 Å². The van der Waals surface area contributed by atoms with E-state index in [4.69, 9.17) is 9.47 Å². The van der Waals surface area contributed by atoms with Gasteiger partial charge in [-0.2, -0.15) is 0 Å². The molecule has 2 aromatic rings. The summed E-state index contributed by atoms with van der Waals surface area (Å²) in [5.41, 5.74) is 2.34. The second-order valence-corrected chi connectivity index (χ2v) is 7.58. The van der Waals surface area contributed by atoms with Crippen LogP contribution in [0.3, 0.4) is 0 Å². The van der Waals surface area contributed by atoms with Crippen molar-refractivity contribution in [1.29, 1.82) is 0 Å². The lowest BCUT2D eigenvalue weighted by atomic mass is 9.84. The van der Waals surface area contributed by atoms with Crippen molar-refractivity contribution in [2.24, 2.45) is 5.92 Å². The lowest BCUT2D eigenvalue weighted by Gasteiger charge is -2.21. The number of nitrogens with one attached hydrogen (secondary N) is 1. The predicted octanol–water partition coefficient (Wildman–Crippen LogP) is 4.09. The average Bonchev–Trinajstić information content (AvgIpc) is 3.33. The summed E-state index contributed by atoms with van der Waals surface area (Å²) in [4.78, 5) is 12.5. The molecule has 1 aliphatic heterocycles. The van der Waals surface area contributed by atoms with Crippen molar-refractivity contribution in [3.8, 4) is 11.5 Å². The summed E-state index contributed by atoms with van der Waals surface area (Å²) in [6, 6.07) is 16.4. The number of rotatable bonds is 6. The van der Waals surface area contributed by atoms with Crippen LogP contribution >= 0.6 is 0 Å². The van der Waals surface area contributed by atoms with Crippen molar-refractivity contribution in [1.82, 2.24) is 5.32 Å². The first-order valence-electron chi connectivity index (χ1n) is 9.91. The van der Waals surface area contributed by atoms with Gasteiger partial charge < -0.3 is 14.8 Å². The zero-order valence-electron chi connectivity index (χ0n) is 15.8. The van der Waals surface area contributed by atoms with Crippen molar-refractivity contribution < 1.29 is 14.3 Å². The molecule has 1 N–H and O–H groups in total. The Labute approximate surface area is 160 Å². The molecule has 2 aromatic carbocycles. The molecule has 0 spiro atoms. The molecule has 1 aliphatic carbocycles. The van der Waals surface area contributed by atoms with Crippen LogP contribution in [0.1, 0.15) is 42.7 Å². The van der Waals surface area contributed by atoms with Gasteiger partial charge in [0, 0.05) is 12.5 Å². The van der Waals surface area contributed by atoms with Gasteiger partial charge in [0.25, 0.3) is 0 Å². The van der Waals surface area contributed by atoms with Crippen LogP contribution in [0.2, 0.25) is 0 Å². The molecule has 2 unspecified atom stereocenters. The van der Waals surface area contributed by atoms with Crippen molar-refractivity contribution >= 4 is 5.91 Å². The molecule has 4 rings (SSSR count). The zero-order valence-corrected chi connectivity index (χ0v) is 15.8. The summed E-state index contributed by atoms with van der Waals surface area (Å²) >= 11 is 0. The van der Waals surface area contributed by atoms with Crippen LogP contribution in [0.25, 0.3) is 0 Å². The summed E-state index contributed by atoms with van der Waals surface area (Å²) in [6.45, 7) is 0.672. The van der Waals surface area contributed by atoms with Crippen molar-refractivity contribution in [3.05, 3.63) is 59.7 Å². The molecule has 0 aromatic heterocycles. The van der Waals surface area contributed by atoms with E-state index < -0.39 is 0 Å². The summed E-state index contributed by atoms with van der Waals surface area (Å²) in [6.07, 6.45) is 5.70. The van der Waals surface area contributed by atoms with Gasteiger partial charge in [0.15, 0.2) is 11.5 Å². The maximum absolute atomic E-state index is 12.5. The molecule has 1 heterocycles. The van der Waals surface area contributed by atoms with Crippen molar-refractivity contribution in [3.63, 3.8) is 0 Å². The molecular formula is C23H27NO3. The molecule has 27 heavy (non-hydrogen) atoms. The van der Waals surface area contributed by atoms with Crippen LogP contribution in [-0.2, 0) is 11.2 Å². The van der Waals surface area contributed by atoms with E-state index in [-0.39, 0.29) is 23.8 Å². The standard InChI is InChI=1S/C23H27NO3/c1-26-21-12-11-17(14-22(21)27-18-9-5-6-10-18)20-15-24-23(25)19(20)13-16-7-3-2-4-8-16/h2-4,7-8,11-12,14,18-20H,5-6,9-10,13,15H2,1H3,(H,24,25). The highest BCUT2D eigenvalue weighted by Crippen LogP contribution is 2.38. The van der Waals surface area contributed by atoms with Gasteiger partial charge in [-0.25, -0.2) is 0 Å². The van der Waals surface area contributed by atoms with Crippen molar-refractivity contribution in [2.45, 2.75) is 44.1 Å². The van der Waals surface area contributed by atoms with E-state index in [2.05, 4.69) is 29.6 Å². The lowest BCUT2D eigenvalue weighted by Crippen LogP contribution is -2.21. The first kappa shape index (κ1) is 17.9. The highest BCUT2D eigenvalue weighted by atomic mass is 16.5. The van der Waals surface area contributed by atoms with Gasteiger partial charge in [-0.15, -0.1) is 0 Å². The van der Waals surface area contributed by atoms with E-state index in [0.717, 1.165) is 36.3 Å². The van der Waals surface area contributed by atoms with Gasteiger partial charge in [-0.05, 0) is 55.4 Å². The number of benzene rings is 2. The number of methoxy groups -OCH3 is 1. The third kappa shape index (κ3) is 3.95. The topological polar surface area (TPSA) is 47.6 Å². The molecule has 4 nitrogen and oxygen atoms in total. The Morgan fingerprint density at radius 3 is 2.56 bits per heavy atom. The molecule has 2 aliphatic rings. The molecule has 4 heteroatoms. The number of ether oxygens (including phenoxy) is 2. The molecule has 2 atom stereocenters. The first-order valence-corrected chi connectivity index (χ1v) is 9.91. The average molecular weight is 365 g/mol. The smallest absolute Gasteiger partial charge is 0.224 e. The number of hydrogen-bond donors (Lipinski definition) is 1. The van der Waals surface area contributed by atoms with Crippen LogP contribution in [0, 0.1) is 5.92 Å². The predicted molar refractivity (Wildman–Crippen MR) is 105 cm³/mol. The molecule has 142 valence electrons. The van der Waals surface area contributed by atoms with Gasteiger partial charge in [0.2, 0.25) is 5.91 Å². The van der Waals surface area contributed by atoms with Crippen LogP contribution in [0.4, 0.5) is 0 Å². The number of amides is 1. The fourth-order valence-electron chi connectivity index (χ4n) is 4.32. The minimum atomic E-state index is -0.0554. The van der Waals surface area contributed by atoms with Gasteiger partial charge in [-0.1, -0.05) is 36.4 Å². The van der Waals surface area contributed by atoms with E-state index in [1.807, 2.05) is 24.3 Å². The van der Waals surface area contributed by atoms with Crippen LogP contribution in [-0.4, -0.2) is 25.7 Å². The highest BCUT2D eigenvalue weighted by Gasteiger charge is 2.36. The minimum absolute atomic E-state index is 0.0554. The number of carbonyl (C=O) groups is 1. The van der Waals surface area contributed by atoms with E-state index in [1.165, 1.54) is 18.4 Å². The SMILES string of the molecule is COc1ccc(C2CNC(=O)C2Cc2ccccc2)cc1OC1CCCC1. The van der Waals surface area contributed by atoms with Gasteiger partial charge >= 0.3 is 0 Å². The molecule has 1 saturated heterocycles. The van der Waals surface area contributed by atoms with Gasteiger partial charge in [0.1, 0.15) is 0 Å². The molecule has 1 saturated carbocycles. The number of hydrogen-bond acceptors (Lipinski definition) is 3. The Morgan fingerprint density at radius 2 is 1.81 bits per heavy atom. The summed E-state index contributed by atoms with van der Waals surface area (Å²) < 4.78 is 11.8. The molecular weight excluding hydrogens is 338 g/mol. The monoisotopic (exact) mass is 365 g/mol. The van der Waals surface area contributed by atoms with Crippen LogP contribution in [0.15, 0.2) is 48.5 Å². The Bertz CT molecular complexity index is 783. The van der Waals surface area contributed by atoms with E-state index >= 15 is 0 Å². The third-order valence-corrected chi connectivity index (χ3v) is 5.83. The minimum Gasteiger partial charge on any atom is -0.493 e. The normalized spacial score (nSPS) is 22.6. The molecule has 1 amide bonds. The second kappa shape index (κ2) is 8.03. The molecule has 0 bridgehead atoms.